The zero-order valence-corrected chi connectivity index (χ0v) is 42.5. The van der Waals surface area contributed by atoms with Gasteiger partial charge in [0.25, 0.3) is 0 Å². The van der Waals surface area contributed by atoms with E-state index in [1.807, 2.05) is 99.6 Å². The highest BCUT2D eigenvalue weighted by molar-refractivity contribution is 14.1. The topological polar surface area (TPSA) is 90.0 Å². The third-order valence-electron chi connectivity index (χ3n) is 11.2. The van der Waals surface area contributed by atoms with Crippen LogP contribution in [0.15, 0.2) is 156 Å². The Balaban J connectivity index is 0.000000182. The van der Waals surface area contributed by atoms with Gasteiger partial charge in [-0.3, -0.25) is 0 Å². The molecule has 1 spiro atoms. The largest absolute Gasteiger partial charge is 0.485 e. The van der Waals surface area contributed by atoms with E-state index >= 15 is 0 Å². The van der Waals surface area contributed by atoms with Crippen molar-refractivity contribution >= 4 is 68.3 Å². The first kappa shape index (κ1) is 49.1. The molecule has 0 saturated carbocycles. The number of nitrogens with zero attached hydrogens (tertiary/aromatic N) is 4. The summed E-state index contributed by atoms with van der Waals surface area (Å²) in [7, 11) is 0. The van der Waals surface area contributed by atoms with Crippen molar-refractivity contribution in [3.63, 3.8) is 0 Å². The predicted octanol–water partition coefficient (Wildman–Crippen LogP) is 15.0. The maximum atomic E-state index is 7.36. The molecule has 3 N–H and O–H groups in total. The Labute approximate surface area is 419 Å². The molecule has 0 amide bonds. The molecule has 6 aromatic carbocycles. The Kier molecular flexibility index (Phi) is 15.4. The number of hydrogen-bond acceptors (Lipinski definition) is 8. The fourth-order valence-electron chi connectivity index (χ4n) is 8.22. The second-order valence-electron chi connectivity index (χ2n) is 19.0. The van der Waals surface area contributed by atoms with Crippen molar-refractivity contribution < 1.29 is 9.47 Å². The van der Waals surface area contributed by atoms with Crippen LogP contribution >= 0.6 is 46.6 Å². The molecular weight excluding hydrogens is 980 g/mol. The Bertz CT molecular complexity index is 2870. The van der Waals surface area contributed by atoms with Crippen LogP contribution in [0.5, 0.6) is 11.5 Å². The Hall–Kier alpha value is -5.79. The summed E-state index contributed by atoms with van der Waals surface area (Å²) in [4.78, 5) is 17.1. The zero-order valence-electron chi connectivity index (χ0n) is 38.7. The molecule has 11 heteroatoms. The Morgan fingerprint density at radius 3 is 1.67 bits per heavy atom. The molecule has 0 bridgehead atoms. The SMILES string of the molecule is CC(C)(C)N.[C-]#[N+]c1cccc(-c2ccc3c(c2)C(CI)(N=C=S)CC(c2ccccc2)O3)c1.[C-]#[N+]c1cccc(-c2ccc3c(c2)C2(CSC(NC(C)(C)C)=N2)CC(c2ccccc2)O3)c1. The monoisotopic (exact) mass is 1030 g/mol. The van der Waals surface area contributed by atoms with Gasteiger partial charge in [0.15, 0.2) is 16.5 Å². The second kappa shape index (κ2) is 21.0. The fourth-order valence-corrected chi connectivity index (χ4v) is 10.6. The minimum atomic E-state index is -0.496. The molecule has 8 nitrogen and oxygen atoms in total. The lowest BCUT2D eigenvalue weighted by Gasteiger charge is -2.38. The highest BCUT2D eigenvalue weighted by Gasteiger charge is 2.46. The predicted molar refractivity (Wildman–Crippen MR) is 289 cm³/mol. The molecule has 340 valence electrons. The van der Waals surface area contributed by atoms with Crippen LogP contribution in [0.3, 0.4) is 0 Å². The number of aliphatic imine (C=N–C) groups is 2. The van der Waals surface area contributed by atoms with Gasteiger partial charge in [-0.2, -0.15) is 0 Å². The van der Waals surface area contributed by atoms with E-state index in [0.29, 0.717) is 17.8 Å². The van der Waals surface area contributed by atoms with Crippen molar-refractivity contribution in [1.82, 2.24) is 5.32 Å². The number of alkyl halides is 1. The van der Waals surface area contributed by atoms with E-state index < -0.39 is 5.54 Å². The van der Waals surface area contributed by atoms with Crippen LogP contribution in [0.2, 0.25) is 0 Å². The van der Waals surface area contributed by atoms with Gasteiger partial charge in [-0.1, -0.05) is 144 Å². The summed E-state index contributed by atoms with van der Waals surface area (Å²) in [6.45, 7) is 27.0. The van der Waals surface area contributed by atoms with Gasteiger partial charge in [-0.05, 0) is 124 Å². The second-order valence-corrected chi connectivity index (χ2v) is 20.9. The fraction of sp³-hybridized carbons (Fsp3) is 0.286. The molecular formula is C56H55IN6O2S2. The lowest BCUT2D eigenvalue weighted by Crippen LogP contribution is -2.39. The molecule has 4 atom stereocenters. The number of fused-ring (bicyclic) bond motifs is 3. The smallest absolute Gasteiger partial charge is 0.187 e. The maximum absolute atomic E-state index is 7.36. The first-order valence-electron chi connectivity index (χ1n) is 22.2. The summed E-state index contributed by atoms with van der Waals surface area (Å²) in [5.41, 5.74) is 14.3. The number of halogens is 1. The van der Waals surface area contributed by atoms with Gasteiger partial charge < -0.3 is 20.5 Å². The van der Waals surface area contributed by atoms with E-state index in [4.69, 9.17) is 45.6 Å². The van der Waals surface area contributed by atoms with Crippen LogP contribution in [-0.2, 0) is 11.1 Å². The highest BCUT2D eigenvalue weighted by atomic mass is 127. The molecule has 0 aliphatic carbocycles. The summed E-state index contributed by atoms with van der Waals surface area (Å²) in [6.07, 6.45) is 1.34. The maximum Gasteiger partial charge on any atom is 0.187 e. The number of nitrogens with one attached hydrogen (secondary N) is 1. The first-order chi connectivity index (χ1) is 32.0. The van der Waals surface area contributed by atoms with Crippen molar-refractivity contribution in [1.29, 1.82) is 0 Å². The lowest BCUT2D eigenvalue weighted by atomic mass is 9.81. The van der Waals surface area contributed by atoms with Gasteiger partial charge in [0, 0.05) is 45.2 Å². The number of rotatable bonds is 6. The normalized spacial score (nSPS) is 20.2. The minimum absolute atomic E-state index is 0. The van der Waals surface area contributed by atoms with Gasteiger partial charge in [0.05, 0.1) is 18.3 Å². The van der Waals surface area contributed by atoms with E-state index in [1.54, 1.807) is 11.8 Å². The Morgan fingerprint density at radius 1 is 0.716 bits per heavy atom. The van der Waals surface area contributed by atoms with Crippen LogP contribution in [0.4, 0.5) is 11.4 Å². The quantitative estimate of drug-likeness (QED) is 0.0568. The first-order valence-corrected chi connectivity index (χ1v) is 25.1. The van der Waals surface area contributed by atoms with E-state index in [9.17, 15) is 0 Å². The number of nitrogens with two attached hydrogens (primary N) is 1. The van der Waals surface area contributed by atoms with E-state index in [0.717, 1.165) is 72.2 Å². The molecule has 0 radical (unpaired) electrons. The molecule has 3 heterocycles. The van der Waals surface area contributed by atoms with Crippen LogP contribution in [-0.4, -0.2) is 31.6 Å². The number of thioether (sulfide) groups is 1. The standard InChI is InChI=1S/C28H27N3OS.C24H17IN2OS.C4H11N/c1-27(2,3)30-26-31-28(18-33-26)17-25(19-9-6-5-7-10-19)32-24-14-13-21(16-23(24)28)20-11-8-12-22(15-20)29-4;1-26-20-9-5-8-18(12-20)19-10-11-22-21(13-19)24(15-25,27-16-29)14-23(28-22)17-6-3-2-4-7-17;1-4(2,3)5/h5-16,25H,17-18H2,1-3H3,(H,30,31);2-13,23H,14-15H2;5H2,1-3H3. The van der Waals surface area contributed by atoms with E-state index in [-0.39, 0.29) is 28.8 Å². The third-order valence-corrected chi connectivity index (χ3v) is 13.7. The van der Waals surface area contributed by atoms with Crippen molar-refractivity contribution in [3.05, 3.63) is 191 Å². The van der Waals surface area contributed by atoms with Crippen molar-refractivity contribution in [2.24, 2.45) is 15.7 Å². The Morgan fingerprint density at radius 2 is 1.19 bits per heavy atom. The average molecular weight is 1040 g/mol. The van der Waals surface area contributed by atoms with Crippen LogP contribution in [0.1, 0.15) is 88.8 Å². The average Bonchev–Trinajstić information content (AvgIpc) is 3.72. The van der Waals surface area contributed by atoms with Crippen LogP contribution < -0.4 is 20.5 Å². The summed E-state index contributed by atoms with van der Waals surface area (Å²) in [6, 6.07) is 48.6. The molecule has 4 unspecified atom stereocenters. The van der Waals surface area contributed by atoms with Gasteiger partial charge in [-0.15, -0.1) is 0 Å². The molecule has 0 saturated heterocycles. The summed E-state index contributed by atoms with van der Waals surface area (Å²) < 4.78 is 13.7. The molecule has 6 aromatic rings. The van der Waals surface area contributed by atoms with Gasteiger partial charge in [0.2, 0.25) is 0 Å². The highest BCUT2D eigenvalue weighted by Crippen LogP contribution is 2.53. The number of hydrogen-bond donors (Lipinski definition) is 2. The number of isothiocyanates is 1. The van der Waals surface area contributed by atoms with Gasteiger partial charge in [-0.25, -0.2) is 19.7 Å². The third kappa shape index (κ3) is 12.2. The van der Waals surface area contributed by atoms with E-state index in [1.165, 1.54) is 5.56 Å². The number of ether oxygens (including phenoxy) is 2. The summed E-state index contributed by atoms with van der Waals surface area (Å²) >= 11 is 9.18. The van der Waals surface area contributed by atoms with Gasteiger partial charge in [0.1, 0.15) is 34.8 Å². The lowest BCUT2D eigenvalue weighted by molar-refractivity contribution is 0.135. The van der Waals surface area contributed by atoms with Crippen LogP contribution in [0.25, 0.3) is 31.9 Å². The van der Waals surface area contributed by atoms with E-state index in [2.05, 4.69) is 135 Å². The molecule has 67 heavy (non-hydrogen) atoms. The zero-order chi connectivity index (χ0) is 47.8. The summed E-state index contributed by atoms with van der Waals surface area (Å²) in [5, 5.41) is 7.19. The molecule has 3 aliphatic rings. The van der Waals surface area contributed by atoms with Gasteiger partial charge >= 0.3 is 0 Å². The number of amidine groups is 1. The minimum Gasteiger partial charge on any atom is -0.485 e. The van der Waals surface area contributed by atoms with Crippen molar-refractivity contribution in [2.75, 3.05) is 10.2 Å². The molecule has 3 aliphatic heterocycles. The van der Waals surface area contributed by atoms with Crippen molar-refractivity contribution in [3.8, 4) is 33.8 Å². The molecule has 9 rings (SSSR count). The molecule has 0 fully saturated rings. The molecule has 0 aromatic heterocycles. The number of thiocarbonyl (C=S) groups is 1. The van der Waals surface area contributed by atoms with Crippen LogP contribution in [0, 0.1) is 13.1 Å². The summed E-state index contributed by atoms with van der Waals surface area (Å²) in [5.74, 6) is 2.58. The van der Waals surface area contributed by atoms with Crippen molar-refractivity contribution in [2.45, 2.75) is 88.7 Å². The number of benzene rings is 6.